The average Bonchev–Trinajstić information content (AvgIpc) is 2.46. The molecule has 0 radical (unpaired) electrons. The molecule has 0 saturated heterocycles. The molecule has 1 heterocycles. The Labute approximate surface area is 117 Å². The second kappa shape index (κ2) is 5.25. The predicted octanol–water partition coefficient (Wildman–Crippen LogP) is 2.94. The zero-order chi connectivity index (χ0) is 13.9. The van der Waals surface area contributed by atoms with Crippen LogP contribution in [0.5, 0.6) is 5.75 Å². The van der Waals surface area contributed by atoms with Crippen molar-refractivity contribution in [3.05, 3.63) is 53.6 Å². The van der Waals surface area contributed by atoms with Crippen LogP contribution >= 0.6 is 0 Å². The van der Waals surface area contributed by atoms with Crippen molar-refractivity contribution in [1.29, 1.82) is 0 Å². The van der Waals surface area contributed by atoms with Crippen LogP contribution in [0.25, 0.3) is 0 Å². The molecular formula is C16H16N2O2. The van der Waals surface area contributed by atoms with Gasteiger partial charge in [0.25, 0.3) is 5.91 Å². The highest BCUT2D eigenvalue weighted by Crippen LogP contribution is 2.30. The fourth-order valence-corrected chi connectivity index (χ4v) is 2.20. The Balaban J connectivity index is 1.74. The normalized spacial score (nSPS) is 13.2. The molecule has 0 aliphatic carbocycles. The van der Waals surface area contributed by atoms with E-state index in [4.69, 9.17) is 4.74 Å². The van der Waals surface area contributed by atoms with Crippen molar-refractivity contribution in [2.45, 2.75) is 13.5 Å². The lowest BCUT2D eigenvalue weighted by atomic mass is 10.1. The third-order valence-corrected chi connectivity index (χ3v) is 3.36. The second-order valence-corrected chi connectivity index (χ2v) is 4.83. The van der Waals surface area contributed by atoms with Gasteiger partial charge in [-0.05, 0) is 36.2 Å². The number of nitrogens with one attached hydrogen (secondary N) is 2. The van der Waals surface area contributed by atoms with E-state index in [1.807, 2.05) is 30.3 Å². The molecule has 0 unspecified atom stereocenters. The molecule has 1 amide bonds. The maximum Gasteiger partial charge on any atom is 0.262 e. The van der Waals surface area contributed by atoms with Crippen LogP contribution in [-0.2, 0) is 11.3 Å². The Bertz CT molecular complexity index is 653. The van der Waals surface area contributed by atoms with Crippen LogP contribution in [0.15, 0.2) is 42.5 Å². The largest absolute Gasteiger partial charge is 0.482 e. The monoisotopic (exact) mass is 268 g/mol. The second-order valence-electron chi connectivity index (χ2n) is 4.83. The van der Waals surface area contributed by atoms with Gasteiger partial charge in [0, 0.05) is 12.2 Å². The van der Waals surface area contributed by atoms with Crippen molar-refractivity contribution >= 4 is 17.3 Å². The predicted molar refractivity (Wildman–Crippen MR) is 79.1 cm³/mol. The van der Waals surface area contributed by atoms with E-state index < -0.39 is 0 Å². The highest BCUT2D eigenvalue weighted by molar-refractivity contribution is 5.96. The van der Waals surface area contributed by atoms with Gasteiger partial charge in [-0.25, -0.2) is 0 Å². The Kier molecular flexibility index (Phi) is 3.29. The number of ether oxygens (including phenoxy) is 1. The maximum absolute atomic E-state index is 11.3. The summed E-state index contributed by atoms with van der Waals surface area (Å²) in [5.41, 5.74) is 4.19. The smallest absolute Gasteiger partial charge is 0.262 e. The molecule has 0 bridgehead atoms. The number of hydrogen-bond donors (Lipinski definition) is 2. The molecule has 2 aromatic rings. The number of carbonyl (C=O) groups excluding carboxylic acids is 1. The Hall–Kier alpha value is -2.49. The number of aryl methyl sites for hydroxylation is 1. The number of amides is 1. The van der Waals surface area contributed by atoms with Gasteiger partial charge in [-0.2, -0.15) is 0 Å². The molecule has 1 aliphatic heterocycles. The van der Waals surface area contributed by atoms with Gasteiger partial charge in [0.05, 0.1) is 5.69 Å². The number of hydrogen-bond acceptors (Lipinski definition) is 3. The summed E-state index contributed by atoms with van der Waals surface area (Å²) in [7, 11) is 0. The van der Waals surface area contributed by atoms with Crippen molar-refractivity contribution in [1.82, 2.24) is 0 Å². The molecule has 102 valence electrons. The zero-order valence-electron chi connectivity index (χ0n) is 11.3. The molecule has 0 aromatic heterocycles. The van der Waals surface area contributed by atoms with Crippen LogP contribution in [0.3, 0.4) is 0 Å². The maximum atomic E-state index is 11.3. The average molecular weight is 268 g/mol. The quantitative estimate of drug-likeness (QED) is 0.900. The van der Waals surface area contributed by atoms with Crippen molar-refractivity contribution < 1.29 is 9.53 Å². The van der Waals surface area contributed by atoms with Gasteiger partial charge in [0.1, 0.15) is 5.75 Å². The summed E-state index contributed by atoms with van der Waals surface area (Å²) in [5.74, 6) is 0.597. The van der Waals surface area contributed by atoms with Crippen LogP contribution in [-0.4, -0.2) is 12.5 Å². The number of carbonyl (C=O) groups is 1. The lowest BCUT2D eigenvalue weighted by Crippen LogP contribution is -2.25. The molecule has 4 heteroatoms. The van der Waals surface area contributed by atoms with Gasteiger partial charge < -0.3 is 15.4 Å². The topological polar surface area (TPSA) is 50.4 Å². The van der Waals surface area contributed by atoms with Crippen LogP contribution in [0.1, 0.15) is 11.1 Å². The number of benzene rings is 2. The lowest BCUT2D eigenvalue weighted by Gasteiger charge is -2.19. The minimum absolute atomic E-state index is 0.0863. The molecule has 2 N–H and O–H groups in total. The first kappa shape index (κ1) is 12.5. The van der Waals surface area contributed by atoms with Crippen molar-refractivity contribution in [2.24, 2.45) is 0 Å². The SMILES string of the molecule is Cc1ccccc1CNc1ccc2c(c1)NC(=O)CO2. The molecule has 4 nitrogen and oxygen atoms in total. The summed E-state index contributed by atoms with van der Waals surface area (Å²) < 4.78 is 5.33. The minimum Gasteiger partial charge on any atom is -0.482 e. The van der Waals surface area contributed by atoms with Gasteiger partial charge in [-0.15, -0.1) is 0 Å². The lowest BCUT2D eigenvalue weighted by molar-refractivity contribution is -0.118. The third kappa shape index (κ3) is 2.59. The van der Waals surface area contributed by atoms with E-state index in [0.29, 0.717) is 5.75 Å². The first-order valence-electron chi connectivity index (χ1n) is 6.57. The van der Waals surface area contributed by atoms with E-state index >= 15 is 0 Å². The van der Waals surface area contributed by atoms with E-state index in [9.17, 15) is 4.79 Å². The van der Waals surface area contributed by atoms with E-state index in [2.05, 4.69) is 29.7 Å². The van der Waals surface area contributed by atoms with E-state index in [1.165, 1.54) is 11.1 Å². The first-order chi connectivity index (χ1) is 9.72. The summed E-state index contributed by atoms with van der Waals surface area (Å²) in [5, 5.41) is 6.17. The third-order valence-electron chi connectivity index (χ3n) is 3.36. The summed E-state index contributed by atoms with van der Waals surface area (Å²) in [6, 6.07) is 14.0. The van der Waals surface area contributed by atoms with Crippen LogP contribution in [0.2, 0.25) is 0 Å². The molecular weight excluding hydrogens is 252 g/mol. The molecule has 20 heavy (non-hydrogen) atoms. The van der Waals surface area contributed by atoms with Crippen molar-refractivity contribution in [3.63, 3.8) is 0 Å². The van der Waals surface area contributed by atoms with Crippen molar-refractivity contribution in [3.8, 4) is 5.75 Å². The molecule has 0 atom stereocenters. The summed E-state index contributed by atoms with van der Waals surface area (Å²) in [6.45, 7) is 2.93. The van der Waals surface area contributed by atoms with Crippen LogP contribution in [0, 0.1) is 6.92 Å². The van der Waals surface area contributed by atoms with Gasteiger partial charge in [-0.3, -0.25) is 4.79 Å². The zero-order valence-corrected chi connectivity index (χ0v) is 11.3. The summed E-state index contributed by atoms with van der Waals surface area (Å²) >= 11 is 0. The molecule has 2 aromatic carbocycles. The molecule has 3 rings (SSSR count). The van der Waals surface area contributed by atoms with Gasteiger partial charge >= 0.3 is 0 Å². The molecule has 0 spiro atoms. The van der Waals surface area contributed by atoms with Crippen LogP contribution in [0.4, 0.5) is 11.4 Å². The number of anilines is 2. The fraction of sp³-hybridized carbons (Fsp3) is 0.188. The summed E-state index contributed by atoms with van der Waals surface area (Å²) in [4.78, 5) is 11.3. The Morgan fingerprint density at radius 1 is 1.25 bits per heavy atom. The van der Waals surface area contributed by atoms with E-state index in [-0.39, 0.29) is 12.5 Å². The molecule has 0 fully saturated rings. The highest BCUT2D eigenvalue weighted by Gasteiger charge is 2.15. The standard InChI is InChI=1S/C16H16N2O2/c1-11-4-2-3-5-12(11)9-17-13-6-7-15-14(8-13)18-16(19)10-20-15/h2-8,17H,9-10H2,1H3,(H,18,19). The van der Waals surface area contributed by atoms with Gasteiger partial charge in [0.2, 0.25) is 0 Å². The number of fused-ring (bicyclic) bond motifs is 1. The minimum atomic E-state index is -0.117. The molecule has 0 saturated carbocycles. The Morgan fingerprint density at radius 2 is 2.10 bits per heavy atom. The van der Waals surface area contributed by atoms with E-state index in [0.717, 1.165) is 17.9 Å². The summed E-state index contributed by atoms with van der Waals surface area (Å²) in [6.07, 6.45) is 0. The molecule has 1 aliphatic rings. The highest BCUT2D eigenvalue weighted by atomic mass is 16.5. The first-order valence-corrected chi connectivity index (χ1v) is 6.57. The van der Waals surface area contributed by atoms with Gasteiger partial charge in [-0.1, -0.05) is 24.3 Å². The van der Waals surface area contributed by atoms with Crippen molar-refractivity contribution in [2.75, 3.05) is 17.2 Å². The van der Waals surface area contributed by atoms with Gasteiger partial charge in [0.15, 0.2) is 6.61 Å². The Morgan fingerprint density at radius 3 is 2.95 bits per heavy atom. The fourth-order valence-electron chi connectivity index (χ4n) is 2.20. The van der Waals surface area contributed by atoms with E-state index in [1.54, 1.807) is 0 Å². The van der Waals surface area contributed by atoms with Crippen LogP contribution < -0.4 is 15.4 Å². The number of rotatable bonds is 3.